The molecular formula is C16H24N2O2. The lowest BCUT2D eigenvalue weighted by atomic mass is 9.85. The molecule has 0 bridgehead atoms. The third-order valence-electron chi connectivity index (χ3n) is 4.06. The molecule has 4 heteroatoms. The Morgan fingerprint density at radius 2 is 1.80 bits per heavy atom. The molecular weight excluding hydrogens is 252 g/mol. The highest BCUT2D eigenvalue weighted by atomic mass is 16.5. The van der Waals surface area contributed by atoms with E-state index in [0.29, 0.717) is 12.6 Å². The van der Waals surface area contributed by atoms with Crippen LogP contribution < -0.4 is 11.1 Å². The van der Waals surface area contributed by atoms with Gasteiger partial charge in [0, 0.05) is 25.6 Å². The smallest absolute Gasteiger partial charge is 0.220 e. The molecule has 0 unspecified atom stereocenters. The van der Waals surface area contributed by atoms with Gasteiger partial charge in [0.05, 0.1) is 6.61 Å². The molecule has 1 aliphatic carbocycles. The second-order valence-electron chi connectivity index (χ2n) is 5.58. The molecule has 0 atom stereocenters. The van der Waals surface area contributed by atoms with Crippen molar-refractivity contribution in [3.63, 3.8) is 0 Å². The molecule has 0 heterocycles. The van der Waals surface area contributed by atoms with Crippen molar-refractivity contribution in [2.75, 3.05) is 7.11 Å². The number of amides is 1. The molecule has 0 aromatic heterocycles. The zero-order chi connectivity index (χ0) is 14.4. The monoisotopic (exact) mass is 276 g/mol. The molecule has 4 nitrogen and oxygen atoms in total. The van der Waals surface area contributed by atoms with E-state index < -0.39 is 0 Å². The summed E-state index contributed by atoms with van der Waals surface area (Å²) in [5.74, 6) is -0.0569. The lowest BCUT2D eigenvalue weighted by molar-refractivity contribution is -0.122. The van der Waals surface area contributed by atoms with Crippen LogP contribution in [0.25, 0.3) is 0 Å². The van der Waals surface area contributed by atoms with Crippen LogP contribution in [0.15, 0.2) is 24.3 Å². The summed E-state index contributed by atoms with van der Waals surface area (Å²) in [6.07, 6.45) is 3.91. The number of rotatable bonds is 6. The molecule has 1 saturated carbocycles. The maximum Gasteiger partial charge on any atom is 0.220 e. The van der Waals surface area contributed by atoms with Gasteiger partial charge in [-0.05, 0) is 36.8 Å². The van der Waals surface area contributed by atoms with Gasteiger partial charge in [-0.25, -0.2) is 0 Å². The van der Waals surface area contributed by atoms with E-state index in [1.165, 1.54) is 11.1 Å². The van der Waals surface area contributed by atoms with Crippen LogP contribution in [0.1, 0.15) is 36.8 Å². The van der Waals surface area contributed by atoms with Gasteiger partial charge in [0.1, 0.15) is 0 Å². The summed E-state index contributed by atoms with van der Waals surface area (Å²) in [6, 6.07) is 8.98. The molecule has 0 saturated heterocycles. The molecule has 20 heavy (non-hydrogen) atoms. The van der Waals surface area contributed by atoms with Crippen molar-refractivity contribution in [1.82, 2.24) is 5.32 Å². The minimum absolute atomic E-state index is 0.0846. The largest absolute Gasteiger partial charge is 0.380 e. The first-order valence-corrected chi connectivity index (χ1v) is 7.28. The van der Waals surface area contributed by atoms with Gasteiger partial charge in [-0.3, -0.25) is 4.79 Å². The molecule has 0 aliphatic heterocycles. The Labute approximate surface area is 120 Å². The summed E-state index contributed by atoms with van der Waals surface area (Å²) in [5.41, 5.74) is 7.82. The Bertz CT molecular complexity index is 423. The Morgan fingerprint density at radius 1 is 1.20 bits per heavy atom. The van der Waals surface area contributed by atoms with Crippen LogP contribution in [0.3, 0.4) is 0 Å². The topological polar surface area (TPSA) is 64.3 Å². The molecule has 0 radical (unpaired) electrons. The van der Waals surface area contributed by atoms with Gasteiger partial charge in [0.15, 0.2) is 0 Å². The van der Waals surface area contributed by atoms with Crippen LogP contribution in [0, 0.1) is 5.92 Å². The van der Waals surface area contributed by atoms with E-state index in [-0.39, 0.29) is 11.8 Å². The fraction of sp³-hybridized carbons (Fsp3) is 0.562. The SMILES string of the molecule is COCc1ccc(CNC2CCC(C(N)=O)CC2)cc1. The maximum atomic E-state index is 11.1. The molecule has 2 rings (SSSR count). The van der Waals surface area contributed by atoms with Crippen molar-refractivity contribution in [2.24, 2.45) is 11.7 Å². The van der Waals surface area contributed by atoms with E-state index in [1.807, 2.05) is 0 Å². The maximum absolute atomic E-state index is 11.1. The number of nitrogens with two attached hydrogens (primary N) is 1. The van der Waals surface area contributed by atoms with Gasteiger partial charge in [0.2, 0.25) is 5.91 Å². The standard InChI is InChI=1S/C16H24N2O2/c1-20-11-13-4-2-12(3-5-13)10-18-15-8-6-14(7-9-15)16(17)19/h2-5,14-15,18H,6-11H2,1H3,(H2,17,19). The lowest BCUT2D eigenvalue weighted by Crippen LogP contribution is -2.36. The summed E-state index contributed by atoms with van der Waals surface area (Å²) in [6.45, 7) is 1.53. The second kappa shape index (κ2) is 7.41. The van der Waals surface area contributed by atoms with Gasteiger partial charge >= 0.3 is 0 Å². The van der Waals surface area contributed by atoms with E-state index in [1.54, 1.807) is 7.11 Å². The minimum Gasteiger partial charge on any atom is -0.380 e. The van der Waals surface area contributed by atoms with E-state index in [4.69, 9.17) is 10.5 Å². The molecule has 110 valence electrons. The van der Waals surface area contributed by atoms with Gasteiger partial charge in [-0.15, -0.1) is 0 Å². The molecule has 1 aromatic rings. The van der Waals surface area contributed by atoms with Gasteiger partial charge in [-0.1, -0.05) is 24.3 Å². The third-order valence-corrected chi connectivity index (χ3v) is 4.06. The first-order chi connectivity index (χ1) is 9.69. The minimum atomic E-state index is -0.141. The summed E-state index contributed by atoms with van der Waals surface area (Å²) in [4.78, 5) is 11.1. The number of carbonyl (C=O) groups is 1. The molecule has 1 fully saturated rings. The highest BCUT2D eigenvalue weighted by molar-refractivity contribution is 5.76. The normalized spacial score (nSPS) is 22.6. The van der Waals surface area contributed by atoms with Crippen LogP contribution in [0.5, 0.6) is 0 Å². The Hall–Kier alpha value is -1.39. The first-order valence-electron chi connectivity index (χ1n) is 7.28. The molecule has 3 N–H and O–H groups in total. The predicted octanol–water partition coefficient (Wildman–Crippen LogP) is 1.97. The van der Waals surface area contributed by atoms with Crippen LogP contribution in [0.4, 0.5) is 0 Å². The summed E-state index contributed by atoms with van der Waals surface area (Å²) in [7, 11) is 1.71. The zero-order valence-electron chi connectivity index (χ0n) is 12.1. The number of benzene rings is 1. The van der Waals surface area contributed by atoms with Crippen molar-refractivity contribution in [1.29, 1.82) is 0 Å². The molecule has 1 amide bonds. The number of methoxy groups -OCH3 is 1. The highest BCUT2D eigenvalue weighted by Crippen LogP contribution is 2.24. The Morgan fingerprint density at radius 3 is 2.35 bits per heavy atom. The van der Waals surface area contributed by atoms with Gasteiger partial charge < -0.3 is 15.8 Å². The van der Waals surface area contributed by atoms with E-state index in [0.717, 1.165) is 32.2 Å². The summed E-state index contributed by atoms with van der Waals surface area (Å²) in [5, 5.41) is 3.57. The summed E-state index contributed by atoms with van der Waals surface area (Å²) < 4.78 is 5.10. The third kappa shape index (κ3) is 4.32. The molecule has 1 aromatic carbocycles. The van der Waals surface area contributed by atoms with Gasteiger partial charge in [0.25, 0.3) is 0 Å². The summed E-state index contributed by atoms with van der Waals surface area (Å²) >= 11 is 0. The van der Waals surface area contributed by atoms with Crippen molar-refractivity contribution < 1.29 is 9.53 Å². The van der Waals surface area contributed by atoms with Crippen molar-refractivity contribution in [3.05, 3.63) is 35.4 Å². The van der Waals surface area contributed by atoms with E-state index >= 15 is 0 Å². The second-order valence-corrected chi connectivity index (χ2v) is 5.58. The predicted molar refractivity (Wildman–Crippen MR) is 78.9 cm³/mol. The van der Waals surface area contributed by atoms with Crippen molar-refractivity contribution >= 4 is 5.91 Å². The molecule has 0 spiro atoms. The lowest BCUT2D eigenvalue weighted by Gasteiger charge is -2.27. The first kappa shape index (κ1) is 15.0. The van der Waals surface area contributed by atoms with E-state index in [2.05, 4.69) is 29.6 Å². The molecule has 1 aliphatic rings. The van der Waals surface area contributed by atoms with Crippen molar-refractivity contribution in [3.8, 4) is 0 Å². The zero-order valence-corrected chi connectivity index (χ0v) is 12.1. The number of ether oxygens (including phenoxy) is 1. The Kier molecular flexibility index (Phi) is 5.56. The highest BCUT2D eigenvalue weighted by Gasteiger charge is 2.24. The number of hydrogen-bond donors (Lipinski definition) is 2. The van der Waals surface area contributed by atoms with Crippen LogP contribution in [0.2, 0.25) is 0 Å². The van der Waals surface area contributed by atoms with Crippen LogP contribution >= 0.6 is 0 Å². The number of hydrogen-bond acceptors (Lipinski definition) is 3. The van der Waals surface area contributed by atoms with E-state index in [9.17, 15) is 4.79 Å². The quantitative estimate of drug-likeness (QED) is 0.835. The van der Waals surface area contributed by atoms with Gasteiger partial charge in [-0.2, -0.15) is 0 Å². The average Bonchev–Trinajstić information content (AvgIpc) is 2.47. The number of nitrogens with one attached hydrogen (secondary N) is 1. The fourth-order valence-corrected chi connectivity index (χ4v) is 2.76. The van der Waals surface area contributed by atoms with Crippen molar-refractivity contribution in [2.45, 2.75) is 44.9 Å². The van der Waals surface area contributed by atoms with Crippen LogP contribution in [-0.2, 0) is 22.7 Å². The Balaban J connectivity index is 1.74. The number of primary amides is 1. The average molecular weight is 276 g/mol. The van der Waals surface area contributed by atoms with Crippen LogP contribution in [-0.4, -0.2) is 19.1 Å². The fourth-order valence-electron chi connectivity index (χ4n) is 2.76. The number of carbonyl (C=O) groups excluding carboxylic acids is 1.